The Balaban J connectivity index is 1.94. The standard InChI is InChI=1S/C13H13BrClN3/c1-18(8-10-2-4-11(14)5-3-10)9-12-6-17-13(15)7-16-12/h2-7H,8-9H2,1H3. The van der Waals surface area contributed by atoms with E-state index in [2.05, 4.69) is 50.0 Å². The van der Waals surface area contributed by atoms with E-state index in [-0.39, 0.29) is 0 Å². The van der Waals surface area contributed by atoms with Crippen molar-refractivity contribution in [2.75, 3.05) is 7.05 Å². The summed E-state index contributed by atoms with van der Waals surface area (Å²) in [5, 5.41) is 0.425. The molecule has 0 bridgehead atoms. The molecule has 2 rings (SSSR count). The molecule has 1 aromatic heterocycles. The van der Waals surface area contributed by atoms with Crippen molar-refractivity contribution >= 4 is 27.5 Å². The molecule has 5 heteroatoms. The highest BCUT2D eigenvalue weighted by atomic mass is 79.9. The molecule has 0 aliphatic carbocycles. The lowest BCUT2D eigenvalue weighted by molar-refractivity contribution is 0.314. The van der Waals surface area contributed by atoms with E-state index in [1.807, 2.05) is 12.1 Å². The molecule has 0 aliphatic heterocycles. The van der Waals surface area contributed by atoms with Gasteiger partial charge < -0.3 is 0 Å². The van der Waals surface area contributed by atoms with Gasteiger partial charge in [0.2, 0.25) is 0 Å². The molecule has 0 saturated carbocycles. The third kappa shape index (κ3) is 4.05. The normalized spacial score (nSPS) is 10.9. The van der Waals surface area contributed by atoms with Gasteiger partial charge in [-0.15, -0.1) is 0 Å². The van der Waals surface area contributed by atoms with Gasteiger partial charge in [-0.3, -0.25) is 9.88 Å². The van der Waals surface area contributed by atoms with Crippen molar-refractivity contribution in [3.8, 4) is 0 Å². The maximum Gasteiger partial charge on any atom is 0.147 e. The van der Waals surface area contributed by atoms with Gasteiger partial charge in [0.05, 0.1) is 18.1 Å². The smallest absolute Gasteiger partial charge is 0.147 e. The molecule has 0 atom stereocenters. The third-order valence-corrected chi connectivity index (χ3v) is 3.20. The lowest BCUT2D eigenvalue weighted by atomic mass is 10.2. The summed E-state index contributed by atoms with van der Waals surface area (Å²) in [5.74, 6) is 0. The number of nitrogens with zero attached hydrogens (tertiary/aromatic N) is 3. The SMILES string of the molecule is CN(Cc1ccc(Br)cc1)Cc1cnc(Cl)cn1. The predicted octanol–water partition coefficient (Wildman–Crippen LogP) is 3.52. The molecule has 1 heterocycles. The zero-order valence-corrected chi connectivity index (χ0v) is 12.3. The van der Waals surface area contributed by atoms with E-state index in [1.165, 1.54) is 5.56 Å². The lowest BCUT2D eigenvalue weighted by Crippen LogP contribution is -2.18. The summed E-state index contributed by atoms with van der Waals surface area (Å²) < 4.78 is 1.09. The molecule has 0 unspecified atom stereocenters. The summed E-state index contributed by atoms with van der Waals surface area (Å²) in [6.45, 7) is 1.62. The minimum absolute atomic E-state index is 0.425. The van der Waals surface area contributed by atoms with Crippen LogP contribution in [0.25, 0.3) is 0 Å². The minimum Gasteiger partial charge on any atom is -0.296 e. The van der Waals surface area contributed by atoms with Crippen molar-refractivity contribution in [3.05, 3.63) is 57.5 Å². The minimum atomic E-state index is 0.425. The molecule has 0 aliphatic rings. The van der Waals surface area contributed by atoms with Gasteiger partial charge in [-0.1, -0.05) is 39.7 Å². The van der Waals surface area contributed by atoms with E-state index >= 15 is 0 Å². The summed E-state index contributed by atoms with van der Waals surface area (Å²) in [6.07, 6.45) is 3.28. The van der Waals surface area contributed by atoms with Crippen LogP contribution in [-0.2, 0) is 13.1 Å². The number of rotatable bonds is 4. The molecule has 0 amide bonds. The van der Waals surface area contributed by atoms with Gasteiger partial charge in [-0.05, 0) is 24.7 Å². The number of benzene rings is 1. The van der Waals surface area contributed by atoms with E-state index in [9.17, 15) is 0 Å². The molecule has 2 aromatic rings. The molecule has 3 nitrogen and oxygen atoms in total. The number of halogens is 2. The monoisotopic (exact) mass is 325 g/mol. The molecule has 0 fully saturated rings. The number of hydrogen-bond acceptors (Lipinski definition) is 3. The van der Waals surface area contributed by atoms with Crippen LogP contribution in [-0.4, -0.2) is 21.9 Å². The largest absolute Gasteiger partial charge is 0.296 e. The van der Waals surface area contributed by atoms with Gasteiger partial charge in [-0.2, -0.15) is 0 Å². The van der Waals surface area contributed by atoms with Crippen LogP contribution >= 0.6 is 27.5 Å². The van der Waals surface area contributed by atoms with Gasteiger partial charge in [0, 0.05) is 17.6 Å². The van der Waals surface area contributed by atoms with Gasteiger partial charge >= 0.3 is 0 Å². The van der Waals surface area contributed by atoms with Crippen molar-refractivity contribution in [1.82, 2.24) is 14.9 Å². The van der Waals surface area contributed by atoms with E-state index in [0.29, 0.717) is 5.15 Å². The molecular weight excluding hydrogens is 314 g/mol. The zero-order chi connectivity index (χ0) is 13.0. The van der Waals surface area contributed by atoms with Gasteiger partial charge in [0.1, 0.15) is 5.15 Å². The first-order valence-corrected chi connectivity index (χ1v) is 6.70. The second-order valence-electron chi connectivity index (χ2n) is 4.13. The highest BCUT2D eigenvalue weighted by Gasteiger charge is 2.03. The topological polar surface area (TPSA) is 29.0 Å². The zero-order valence-electron chi connectivity index (χ0n) is 9.98. The highest BCUT2D eigenvalue weighted by Crippen LogP contribution is 2.12. The van der Waals surface area contributed by atoms with Crippen molar-refractivity contribution in [2.45, 2.75) is 13.1 Å². The van der Waals surface area contributed by atoms with Crippen molar-refractivity contribution in [2.24, 2.45) is 0 Å². The molecular formula is C13H13BrClN3. The van der Waals surface area contributed by atoms with Crippen LogP contribution in [0.2, 0.25) is 5.15 Å². The lowest BCUT2D eigenvalue weighted by Gasteiger charge is -2.16. The van der Waals surface area contributed by atoms with Crippen LogP contribution < -0.4 is 0 Å². The van der Waals surface area contributed by atoms with Crippen molar-refractivity contribution in [3.63, 3.8) is 0 Å². The van der Waals surface area contributed by atoms with Crippen LogP contribution in [0.4, 0.5) is 0 Å². The molecule has 0 spiro atoms. The van der Waals surface area contributed by atoms with Crippen LogP contribution in [0.5, 0.6) is 0 Å². The second kappa shape index (κ2) is 6.27. The molecule has 0 N–H and O–H groups in total. The number of hydrogen-bond donors (Lipinski definition) is 0. The predicted molar refractivity (Wildman–Crippen MR) is 76.4 cm³/mol. The van der Waals surface area contributed by atoms with E-state index in [4.69, 9.17) is 11.6 Å². The summed E-state index contributed by atoms with van der Waals surface area (Å²) in [7, 11) is 2.05. The quantitative estimate of drug-likeness (QED) is 0.861. The van der Waals surface area contributed by atoms with E-state index in [0.717, 1.165) is 23.3 Å². The summed E-state index contributed by atoms with van der Waals surface area (Å²) >= 11 is 9.13. The average molecular weight is 327 g/mol. The fourth-order valence-electron chi connectivity index (χ4n) is 1.65. The third-order valence-electron chi connectivity index (χ3n) is 2.47. The Morgan fingerprint density at radius 3 is 2.44 bits per heavy atom. The Morgan fingerprint density at radius 1 is 1.11 bits per heavy atom. The summed E-state index contributed by atoms with van der Waals surface area (Å²) in [6, 6.07) is 8.30. The Labute approximate surface area is 120 Å². The van der Waals surface area contributed by atoms with Crippen LogP contribution in [0.1, 0.15) is 11.3 Å². The summed E-state index contributed by atoms with van der Waals surface area (Å²) in [4.78, 5) is 10.4. The molecule has 18 heavy (non-hydrogen) atoms. The first kappa shape index (κ1) is 13.5. The van der Waals surface area contributed by atoms with Gasteiger partial charge in [0.15, 0.2) is 0 Å². The van der Waals surface area contributed by atoms with Crippen molar-refractivity contribution in [1.29, 1.82) is 0 Å². The van der Waals surface area contributed by atoms with E-state index in [1.54, 1.807) is 12.4 Å². The fraction of sp³-hybridized carbons (Fsp3) is 0.231. The highest BCUT2D eigenvalue weighted by molar-refractivity contribution is 9.10. The molecule has 0 saturated heterocycles. The first-order valence-electron chi connectivity index (χ1n) is 5.53. The Kier molecular flexibility index (Phi) is 4.69. The Bertz CT molecular complexity index is 451. The Hall–Kier alpha value is -0.970. The second-order valence-corrected chi connectivity index (χ2v) is 5.43. The summed E-state index contributed by atoms with van der Waals surface area (Å²) in [5.41, 5.74) is 2.18. The maximum absolute atomic E-state index is 5.70. The molecule has 0 radical (unpaired) electrons. The van der Waals surface area contributed by atoms with E-state index < -0.39 is 0 Å². The first-order chi connectivity index (χ1) is 8.63. The molecule has 94 valence electrons. The van der Waals surface area contributed by atoms with Crippen LogP contribution in [0.3, 0.4) is 0 Å². The van der Waals surface area contributed by atoms with Gasteiger partial charge in [-0.25, -0.2) is 4.98 Å². The number of aromatic nitrogens is 2. The van der Waals surface area contributed by atoms with Crippen LogP contribution in [0.15, 0.2) is 41.1 Å². The molecule has 1 aromatic carbocycles. The van der Waals surface area contributed by atoms with Crippen molar-refractivity contribution < 1.29 is 0 Å². The average Bonchev–Trinajstić information content (AvgIpc) is 2.35. The van der Waals surface area contributed by atoms with Crippen LogP contribution in [0, 0.1) is 0 Å². The fourth-order valence-corrected chi connectivity index (χ4v) is 2.02. The van der Waals surface area contributed by atoms with Gasteiger partial charge in [0.25, 0.3) is 0 Å². The maximum atomic E-state index is 5.70. The Morgan fingerprint density at radius 2 is 1.83 bits per heavy atom.